The molecular weight excluding hydrogens is 206 g/mol. The molecular formula is C11H23N3O2. The zero-order valence-electron chi connectivity index (χ0n) is 10.7. The van der Waals surface area contributed by atoms with Gasteiger partial charge in [-0.3, -0.25) is 15.1 Å². The number of ether oxygens (including phenoxy) is 1. The third kappa shape index (κ3) is 2.93. The molecule has 1 rings (SSSR count). The molecule has 1 fully saturated rings. The minimum Gasteiger partial charge on any atom is -0.378 e. The zero-order valence-corrected chi connectivity index (χ0v) is 10.7. The van der Waals surface area contributed by atoms with Crippen LogP contribution in [0.1, 0.15) is 27.7 Å². The first-order valence-corrected chi connectivity index (χ1v) is 5.63. The van der Waals surface area contributed by atoms with Gasteiger partial charge in [0.2, 0.25) is 5.91 Å². The van der Waals surface area contributed by atoms with Crippen molar-refractivity contribution in [3.05, 3.63) is 0 Å². The first-order chi connectivity index (χ1) is 7.29. The van der Waals surface area contributed by atoms with Crippen LogP contribution in [0.4, 0.5) is 0 Å². The highest BCUT2D eigenvalue weighted by molar-refractivity contribution is 5.81. The molecule has 16 heavy (non-hydrogen) atoms. The van der Waals surface area contributed by atoms with Crippen molar-refractivity contribution >= 4 is 5.91 Å². The molecule has 94 valence electrons. The molecule has 0 aliphatic carbocycles. The number of morpholine rings is 1. The highest BCUT2D eigenvalue weighted by Gasteiger charge is 2.37. The Balaban J connectivity index is 2.68. The summed E-state index contributed by atoms with van der Waals surface area (Å²) in [6.07, 6.45) is 0. The van der Waals surface area contributed by atoms with Gasteiger partial charge in [-0.2, -0.15) is 0 Å². The van der Waals surface area contributed by atoms with E-state index >= 15 is 0 Å². The number of carbonyl (C=O) groups is 1. The van der Waals surface area contributed by atoms with E-state index in [1.165, 1.54) is 0 Å². The fourth-order valence-corrected chi connectivity index (χ4v) is 1.93. The number of nitrogens with one attached hydrogen (secondary N) is 1. The van der Waals surface area contributed by atoms with Crippen LogP contribution in [0.25, 0.3) is 0 Å². The van der Waals surface area contributed by atoms with Crippen molar-refractivity contribution in [2.45, 2.75) is 33.2 Å². The number of nitrogens with zero attached hydrogens (tertiary/aromatic N) is 1. The molecule has 0 atom stereocenters. The molecule has 0 saturated carbocycles. The van der Waals surface area contributed by atoms with Crippen LogP contribution >= 0.6 is 0 Å². The van der Waals surface area contributed by atoms with Gasteiger partial charge in [-0.25, -0.2) is 5.84 Å². The van der Waals surface area contributed by atoms with Crippen LogP contribution in [0.2, 0.25) is 0 Å². The van der Waals surface area contributed by atoms with Crippen LogP contribution in [0, 0.1) is 5.41 Å². The molecule has 0 radical (unpaired) electrons. The fraction of sp³-hybridized carbons (Fsp3) is 0.909. The van der Waals surface area contributed by atoms with Crippen molar-refractivity contribution in [1.82, 2.24) is 10.3 Å². The van der Waals surface area contributed by atoms with E-state index in [1.807, 2.05) is 13.8 Å². The van der Waals surface area contributed by atoms with Gasteiger partial charge in [-0.15, -0.1) is 0 Å². The summed E-state index contributed by atoms with van der Waals surface area (Å²) in [6.45, 7) is 11.0. The van der Waals surface area contributed by atoms with E-state index in [0.29, 0.717) is 13.2 Å². The predicted molar refractivity (Wildman–Crippen MR) is 62.6 cm³/mol. The second kappa shape index (κ2) is 4.69. The average molecular weight is 229 g/mol. The van der Waals surface area contributed by atoms with E-state index in [9.17, 15) is 4.79 Å². The molecule has 0 aromatic rings. The third-order valence-corrected chi connectivity index (χ3v) is 3.15. The Hall–Kier alpha value is -0.650. The smallest absolute Gasteiger partial charge is 0.240 e. The van der Waals surface area contributed by atoms with Gasteiger partial charge in [0, 0.05) is 18.6 Å². The normalized spacial score (nSPS) is 21.8. The Kier molecular flexibility index (Phi) is 3.93. The van der Waals surface area contributed by atoms with Gasteiger partial charge in [0.15, 0.2) is 0 Å². The standard InChI is InChI=1S/C11H23N3O2/c1-10(2,9(15)13-12)7-14-5-6-16-8-11(14,3)4/h5-8,12H2,1-4H3,(H,13,15). The summed E-state index contributed by atoms with van der Waals surface area (Å²) in [5.74, 6) is 5.06. The van der Waals surface area contributed by atoms with Crippen LogP contribution in [0.3, 0.4) is 0 Å². The minimum atomic E-state index is -0.483. The monoisotopic (exact) mass is 229 g/mol. The molecule has 0 bridgehead atoms. The number of hydrogen-bond donors (Lipinski definition) is 2. The summed E-state index contributed by atoms with van der Waals surface area (Å²) in [6, 6.07) is 0. The third-order valence-electron chi connectivity index (χ3n) is 3.15. The van der Waals surface area contributed by atoms with Crippen molar-refractivity contribution in [1.29, 1.82) is 0 Å². The molecule has 5 heteroatoms. The Morgan fingerprint density at radius 3 is 2.69 bits per heavy atom. The van der Waals surface area contributed by atoms with Gasteiger partial charge in [0.25, 0.3) is 0 Å². The lowest BCUT2D eigenvalue weighted by Crippen LogP contribution is -2.58. The Bertz CT molecular complexity index is 264. The van der Waals surface area contributed by atoms with E-state index < -0.39 is 5.41 Å². The molecule has 0 aromatic heterocycles. The molecule has 5 nitrogen and oxygen atoms in total. The molecule has 1 aliphatic rings. The fourth-order valence-electron chi connectivity index (χ4n) is 1.93. The van der Waals surface area contributed by atoms with Gasteiger partial charge in [0.05, 0.1) is 18.6 Å². The number of amides is 1. The van der Waals surface area contributed by atoms with Gasteiger partial charge in [-0.05, 0) is 27.7 Å². The summed E-state index contributed by atoms with van der Waals surface area (Å²) < 4.78 is 5.45. The summed E-state index contributed by atoms with van der Waals surface area (Å²) in [7, 11) is 0. The van der Waals surface area contributed by atoms with Crippen molar-refractivity contribution < 1.29 is 9.53 Å². The van der Waals surface area contributed by atoms with Crippen LogP contribution in [-0.2, 0) is 9.53 Å². The Labute approximate surface area is 97.3 Å². The van der Waals surface area contributed by atoms with Gasteiger partial charge in [-0.1, -0.05) is 0 Å². The molecule has 0 spiro atoms. The summed E-state index contributed by atoms with van der Waals surface area (Å²) in [4.78, 5) is 13.9. The molecule has 1 amide bonds. The van der Waals surface area contributed by atoms with Crippen molar-refractivity contribution in [3.8, 4) is 0 Å². The first-order valence-electron chi connectivity index (χ1n) is 5.63. The van der Waals surface area contributed by atoms with E-state index in [1.54, 1.807) is 0 Å². The van der Waals surface area contributed by atoms with Crippen molar-refractivity contribution in [2.75, 3.05) is 26.3 Å². The quantitative estimate of drug-likeness (QED) is 0.409. The number of hydrazine groups is 1. The topological polar surface area (TPSA) is 67.6 Å². The number of carbonyl (C=O) groups excluding carboxylic acids is 1. The van der Waals surface area contributed by atoms with Crippen molar-refractivity contribution in [2.24, 2.45) is 11.3 Å². The summed E-state index contributed by atoms with van der Waals surface area (Å²) in [5.41, 5.74) is 1.72. The summed E-state index contributed by atoms with van der Waals surface area (Å²) in [5, 5.41) is 0. The number of hydrogen-bond acceptors (Lipinski definition) is 4. The lowest BCUT2D eigenvalue weighted by atomic mass is 9.89. The lowest BCUT2D eigenvalue weighted by Gasteiger charge is -2.45. The maximum atomic E-state index is 11.6. The largest absolute Gasteiger partial charge is 0.378 e. The molecule has 1 aliphatic heterocycles. The van der Waals surface area contributed by atoms with E-state index in [2.05, 4.69) is 24.2 Å². The second-order valence-corrected chi connectivity index (χ2v) is 5.64. The molecule has 3 N–H and O–H groups in total. The Morgan fingerprint density at radius 2 is 2.19 bits per heavy atom. The van der Waals surface area contributed by atoms with E-state index in [0.717, 1.165) is 13.2 Å². The van der Waals surface area contributed by atoms with Crippen LogP contribution in [-0.4, -0.2) is 42.6 Å². The average Bonchev–Trinajstić information content (AvgIpc) is 2.19. The first kappa shape index (κ1) is 13.4. The maximum absolute atomic E-state index is 11.6. The van der Waals surface area contributed by atoms with Crippen molar-refractivity contribution in [3.63, 3.8) is 0 Å². The van der Waals surface area contributed by atoms with Crippen LogP contribution < -0.4 is 11.3 Å². The molecule has 1 saturated heterocycles. The number of rotatable bonds is 3. The molecule has 1 heterocycles. The molecule has 0 unspecified atom stereocenters. The van der Waals surface area contributed by atoms with Gasteiger partial charge < -0.3 is 4.74 Å². The zero-order chi connectivity index (χ0) is 12.4. The molecule has 0 aromatic carbocycles. The lowest BCUT2D eigenvalue weighted by molar-refractivity contribution is -0.133. The highest BCUT2D eigenvalue weighted by atomic mass is 16.5. The minimum absolute atomic E-state index is 0.0234. The van der Waals surface area contributed by atoms with Gasteiger partial charge >= 0.3 is 0 Å². The van der Waals surface area contributed by atoms with Crippen LogP contribution in [0.5, 0.6) is 0 Å². The highest BCUT2D eigenvalue weighted by Crippen LogP contribution is 2.25. The SMILES string of the molecule is CC(C)(CN1CCOCC1(C)C)C(=O)NN. The summed E-state index contributed by atoms with van der Waals surface area (Å²) >= 11 is 0. The van der Waals surface area contributed by atoms with Crippen LogP contribution in [0.15, 0.2) is 0 Å². The van der Waals surface area contributed by atoms with Gasteiger partial charge in [0.1, 0.15) is 0 Å². The second-order valence-electron chi connectivity index (χ2n) is 5.64. The number of nitrogens with two attached hydrogens (primary N) is 1. The van der Waals surface area contributed by atoms with E-state index in [-0.39, 0.29) is 11.4 Å². The maximum Gasteiger partial charge on any atom is 0.240 e. The Morgan fingerprint density at radius 1 is 1.56 bits per heavy atom. The van der Waals surface area contributed by atoms with E-state index in [4.69, 9.17) is 10.6 Å². The predicted octanol–water partition coefficient (Wildman–Crippen LogP) is 0.113.